The molecule has 1 aliphatic rings. The molecule has 0 aliphatic heterocycles. The van der Waals surface area contributed by atoms with E-state index in [1.807, 2.05) is 25.1 Å². The van der Waals surface area contributed by atoms with Gasteiger partial charge in [0, 0.05) is 13.0 Å². The zero-order chi connectivity index (χ0) is 16.2. The first-order chi connectivity index (χ1) is 11.2. The number of nitrogens with zero attached hydrogens (tertiary/aromatic N) is 2. The van der Waals surface area contributed by atoms with Crippen molar-refractivity contribution in [2.24, 2.45) is 5.92 Å². The van der Waals surface area contributed by atoms with Crippen LogP contribution < -0.4 is 5.56 Å². The molecular formula is C18H21N3O2. The van der Waals surface area contributed by atoms with Crippen LogP contribution in [0.1, 0.15) is 32.0 Å². The number of benzene rings is 1. The van der Waals surface area contributed by atoms with Crippen molar-refractivity contribution in [3.8, 4) is 0 Å². The van der Waals surface area contributed by atoms with E-state index in [1.165, 1.54) is 0 Å². The summed E-state index contributed by atoms with van der Waals surface area (Å²) in [5.41, 5.74) is 0.501. The lowest BCUT2D eigenvalue weighted by Crippen LogP contribution is -2.32. The molecule has 0 unspecified atom stereocenters. The van der Waals surface area contributed by atoms with Gasteiger partial charge in [0.05, 0.1) is 17.4 Å². The number of para-hydroxylation sites is 1. The minimum Gasteiger partial charge on any atom is -0.335 e. The molecule has 1 N–H and O–H groups in total. The van der Waals surface area contributed by atoms with Gasteiger partial charge in [0.15, 0.2) is 0 Å². The summed E-state index contributed by atoms with van der Waals surface area (Å²) in [6, 6.07) is 7.24. The summed E-state index contributed by atoms with van der Waals surface area (Å²) in [6.07, 6.45) is 6.90. The molecule has 5 nitrogen and oxygen atoms in total. The molecule has 3 rings (SSSR count). The van der Waals surface area contributed by atoms with E-state index < -0.39 is 0 Å². The lowest BCUT2D eigenvalue weighted by Gasteiger charge is -2.21. The highest BCUT2D eigenvalue weighted by Crippen LogP contribution is 2.21. The third-order valence-corrected chi connectivity index (χ3v) is 4.29. The summed E-state index contributed by atoms with van der Waals surface area (Å²) >= 11 is 0. The second-order valence-corrected chi connectivity index (χ2v) is 5.91. The Bertz CT molecular complexity index is 794. The van der Waals surface area contributed by atoms with Gasteiger partial charge < -0.3 is 9.88 Å². The van der Waals surface area contributed by atoms with E-state index in [2.05, 4.69) is 22.1 Å². The van der Waals surface area contributed by atoms with Gasteiger partial charge >= 0.3 is 0 Å². The first-order valence-electron chi connectivity index (χ1n) is 8.09. The summed E-state index contributed by atoms with van der Waals surface area (Å²) in [4.78, 5) is 33.6. The Morgan fingerprint density at radius 2 is 2.22 bits per heavy atom. The van der Waals surface area contributed by atoms with Gasteiger partial charge in [-0.05, 0) is 37.8 Å². The number of aromatic nitrogens is 2. The molecule has 1 heterocycles. The van der Waals surface area contributed by atoms with Crippen LogP contribution in [0.4, 0.5) is 0 Å². The van der Waals surface area contributed by atoms with Gasteiger partial charge in [0.25, 0.3) is 5.56 Å². The van der Waals surface area contributed by atoms with Crippen LogP contribution in [0, 0.1) is 5.92 Å². The summed E-state index contributed by atoms with van der Waals surface area (Å²) < 4.78 is 0. The van der Waals surface area contributed by atoms with Crippen LogP contribution in [0.2, 0.25) is 0 Å². The number of amides is 1. The normalized spacial score (nSPS) is 16.8. The molecule has 1 aromatic heterocycles. The Morgan fingerprint density at radius 1 is 1.39 bits per heavy atom. The van der Waals surface area contributed by atoms with Gasteiger partial charge in [-0.3, -0.25) is 9.59 Å². The van der Waals surface area contributed by atoms with E-state index in [4.69, 9.17) is 0 Å². The molecule has 23 heavy (non-hydrogen) atoms. The molecule has 0 saturated heterocycles. The number of rotatable bonds is 5. The fraction of sp³-hybridized carbons (Fsp3) is 0.389. The van der Waals surface area contributed by atoms with Crippen molar-refractivity contribution in [3.05, 3.63) is 52.6 Å². The van der Waals surface area contributed by atoms with E-state index in [9.17, 15) is 9.59 Å². The van der Waals surface area contributed by atoms with Crippen LogP contribution in [0.25, 0.3) is 10.9 Å². The number of H-pyrrole nitrogens is 1. The van der Waals surface area contributed by atoms with Crippen molar-refractivity contribution in [1.29, 1.82) is 0 Å². The summed E-state index contributed by atoms with van der Waals surface area (Å²) in [5.74, 6) is 0.992. The monoisotopic (exact) mass is 311 g/mol. The maximum absolute atomic E-state index is 12.5. The Hall–Kier alpha value is -2.43. The third-order valence-electron chi connectivity index (χ3n) is 4.29. The molecular weight excluding hydrogens is 290 g/mol. The first-order valence-corrected chi connectivity index (χ1v) is 8.09. The summed E-state index contributed by atoms with van der Waals surface area (Å²) in [6.45, 7) is 2.89. The molecule has 1 amide bonds. The van der Waals surface area contributed by atoms with Crippen molar-refractivity contribution in [2.45, 2.75) is 32.7 Å². The molecule has 1 aromatic carbocycles. The van der Waals surface area contributed by atoms with E-state index in [-0.39, 0.29) is 11.5 Å². The molecule has 2 aromatic rings. The number of fused-ring (bicyclic) bond motifs is 1. The van der Waals surface area contributed by atoms with Gasteiger partial charge in [0.2, 0.25) is 5.91 Å². The maximum Gasteiger partial charge on any atom is 0.258 e. The Balaban J connectivity index is 1.77. The largest absolute Gasteiger partial charge is 0.335 e. The average Bonchev–Trinajstić information content (AvgIpc) is 3.05. The predicted molar refractivity (Wildman–Crippen MR) is 89.9 cm³/mol. The minimum absolute atomic E-state index is 0.111. The average molecular weight is 311 g/mol. The fourth-order valence-electron chi connectivity index (χ4n) is 2.99. The van der Waals surface area contributed by atoms with E-state index >= 15 is 0 Å². The third kappa shape index (κ3) is 3.50. The fourth-order valence-corrected chi connectivity index (χ4v) is 2.99. The van der Waals surface area contributed by atoms with Crippen LogP contribution in [0.3, 0.4) is 0 Å². The summed E-state index contributed by atoms with van der Waals surface area (Å²) in [7, 11) is 0. The Kier molecular flexibility index (Phi) is 4.55. The molecule has 0 saturated carbocycles. The smallest absolute Gasteiger partial charge is 0.258 e. The highest BCUT2D eigenvalue weighted by atomic mass is 16.2. The molecule has 0 fully saturated rings. The molecule has 1 atom stereocenters. The number of hydrogen-bond acceptors (Lipinski definition) is 3. The van der Waals surface area contributed by atoms with Crippen LogP contribution in [0.15, 0.2) is 41.2 Å². The second kappa shape index (κ2) is 6.77. The first kappa shape index (κ1) is 15.5. The zero-order valence-corrected chi connectivity index (χ0v) is 13.3. The SMILES string of the molecule is CCN(Cc1nc2ccccc2c(=O)[nH]1)C(=O)C[C@H]1C=CCC1. The summed E-state index contributed by atoms with van der Waals surface area (Å²) in [5, 5.41) is 0.571. The quantitative estimate of drug-likeness (QED) is 0.863. The van der Waals surface area contributed by atoms with E-state index in [1.54, 1.807) is 11.0 Å². The van der Waals surface area contributed by atoms with Crippen molar-refractivity contribution in [3.63, 3.8) is 0 Å². The number of allylic oxidation sites excluding steroid dienone is 2. The number of aromatic amines is 1. The van der Waals surface area contributed by atoms with E-state index in [0.717, 1.165) is 12.8 Å². The molecule has 0 spiro atoms. The standard InChI is InChI=1S/C18H21N3O2/c1-2-21(17(22)11-13-7-3-4-8-13)12-16-19-15-10-6-5-9-14(15)18(23)20-16/h3,5-7,9-10,13H,2,4,8,11-12H2,1H3,(H,19,20,23)/t13-/m0/s1. The molecule has 120 valence electrons. The molecule has 0 bridgehead atoms. The Labute approximate surface area is 135 Å². The lowest BCUT2D eigenvalue weighted by atomic mass is 10.0. The van der Waals surface area contributed by atoms with Gasteiger partial charge in [-0.25, -0.2) is 4.98 Å². The predicted octanol–water partition coefficient (Wildman–Crippen LogP) is 2.63. The van der Waals surface area contributed by atoms with Gasteiger partial charge in [-0.15, -0.1) is 0 Å². The number of carbonyl (C=O) groups is 1. The van der Waals surface area contributed by atoms with E-state index in [0.29, 0.717) is 42.2 Å². The lowest BCUT2D eigenvalue weighted by molar-refractivity contribution is -0.132. The highest BCUT2D eigenvalue weighted by Gasteiger charge is 2.19. The van der Waals surface area contributed by atoms with Crippen LogP contribution in [0.5, 0.6) is 0 Å². The number of hydrogen-bond donors (Lipinski definition) is 1. The topological polar surface area (TPSA) is 66.1 Å². The molecule has 5 heteroatoms. The van der Waals surface area contributed by atoms with Crippen LogP contribution in [-0.2, 0) is 11.3 Å². The van der Waals surface area contributed by atoms with Gasteiger partial charge in [-0.1, -0.05) is 24.3 Å². The Morgan fingerprint density at radius 3 is 2.96 bits per heavy atom. The number of carbonyl (C=O) groups excluding carboxylic acids is 1. The van der Waals surface area contributed by atoms with Gasteiger partial charge in [0.1, 0.15) is 5.82 Å². The highest BCUT2D eigenvalue weighted by molar-refractivity contribution is 5.78. The van der Waals surface area contributed by atoms with Crippen molar-refractivity contribution >= 4 is 16.8 Å². The van der Waals surface area contributed by atoms with Crippen LogP contribution >= 0.6 is 0 Å². The minimum atomic E-state index is -0.159. The van der Waals surface area contributed by atoms with Crippen LogP contribution in [-0.4, -0.2) is 27.3 Å². The maximum atomic E-state index is 12.5. The zero-order valence-electron chi connectivity index (χ0n) is 13.3. The molecule has 0 radical (unpaired) electrons. The number of nitrogens with one attached hydrogen (secondary N) is 1. The van der Waals surface area contributed by atoms with Gasteiger partial charge in [-0.2, -0.15) is 0 Å². The second-order valence-electron chi connectivity index (χ2n) is 5.91. The van der Waals surface area contributed by atoms with Crippen molar-refractivity contribution in [2.75, 3.05) is 6.54 Å². The molecule has 1 aliphatic carbocycles. The van der Waals surface area contributed by atoms with Crippen molar-refractivity contribution < 1.29 is 4.79 Å². The van der Waals surface area contributed by atoms with Crippen molar-refractivity contribution in [1.82, 2.24) is 14.9 Å².